The highest BCUT2D eigenvalue weighted by Gasteiger charge is 2.46. The van der Waals surface area contributed by atoms with Gasteiger partial charge in [0.05, 0.1) is 0 Å². The summed E-state index contributed by atoms with van der Waals surface area (Å²) in [6.45, 7) is 28.8. The Balaban J connectivity index is 5.70. The Morgan fingerprint density at radius 2 is 0.476 bits per heavy atom. The monoisotopic (exact) mass is 380 g/mol. The summed E-state index contributed by atoms with van der Waals surface area (Å²) in [5.41, 5.74) is 0. The summed E-state index contributed by atoms with van der Waals surface area (Å²) in [4.78, 5) is 0. The number of rotatable bonds is 8. The Labute approximate surface area is 138 Å². The standard InChI is InChI=1S/C12H40N4Si5/c1-17(2,3)13-21(14-18(4,5)6,15-19(7,8)9)16-20(10,11)12/h13-16H,1-12H3. The number of hydrogen-bond donors (Lipinski definition) is 4. The van der Waals surface area contributed by atoms with Crippen LogP contribution in [0.25, 0.3) is 0 Å². The zero-order valence-electron chi connectivity index (χ0n) is 16.5. The molecule has 21 heavy (non-hydrogen) atoms. The zero-order valence-corrected chi connectivity index (χ0v) is 21.5. The van der Waals surface area contributed by atoms with E-state index in [1.54, 1.807) is 0 Å². The summed E-state index contributed by atoms with van der Waals surface area (Å²) in [5, 5.41) is 0. The number of hydrogen-bond acceptors (Lipinski definition) is 4. The van der Waals surface area contributed by atoms with Gasteiger partial charge in [-0.1, -0.05) is 78.6 Å². The highest BCUT2D eigenvalue weighted by atomic mass is 28.5. The fraction of sp³-hybridized carbons (Fsp3) is 1.00. The van der Waals surface area contributed by atoms with Crippen LogP contribution in [0.2, 0.25) is 78.6 Å². The van der Waals surface area contributed by atoms with Gasteiger partial charge in [-0.25, -0.2) is 0 Å². The third-order valence-corrected chi connectivity index (χ3v) is 20.2. The molecule has 4 N–H and O–H groups in total. The molecule has 0 bridgehead atoms. The second-order valence-electron chi connectivity index (χ2n) is 10.2. The fourth-order valence-corrected chi connectivity index (χ4v) is 25.3. The molecule has 0 saturated heterocycles. The molecular weight excluding hydrogens is 341 g/mol. The summed E-state index contributed by atoms with van der Waals surface area (Å²) < 4.78 is 16.4. The Bertz CT molecular complexity index is 266. The molecular formula is C12H40N4Si5. The van der Waals surface area contributed by atoms with E-state index >= 15 is 0 Å². The van der Waals surface area contributed by atoms with Crippen molar-refractivity contribution in [2.45, 2.75) is 78.6 Å². The summed E-state index contributed by atoms with van der Waals surface area (Å²) >= 11 is 0. The van der Waals surface area contributed by atoms with E-state index in [9.17, 15) is 0 Å². The molecule has 0 spiro atoms. The van der Waals surface area contributed by atoms with E-state index in [1.165, 1.54) is 0 Å². The van der Waals surface area contributed by atoms with Crippen LogP contribution in [0.1, 0.15) is 0 Å². The largest absolute Gasteiger partial charge is 0.339 e. The SMILES string of the molecule is C[Si](C)(C)N[Si](N[Si](C)(C)C)(N[Si](C)(C)C)N[Si](C)(C)C. The summed E-state index contributed by atoms with van der Waals surface area (Å²) in [6.07, 6.45) is 0. The minimum atomic E-state index is -2.09. The van der Waals surface area contributed by atoms with Gasteiger partial charge >= 0.3 is 8.72 Å². The summed E-state index contributed by atoms with van der Waals surface area (Å²) in [7, 11) is -7.69. The van der Waals surface area contributed by atoms with Gasteiger partial charge in [-0.3, -0.25) is 0 Å². The van der Waals surface area contributed by atoms with Crippen molar-refractivity contribution in [3.8, 4) is 0 Å². The van der Waals surface area contributed by atoms with E-state index in [0.29, 0.717) is 0 Å². The minimum Gasteiger partial charge on any atom is -0.324 e. The predicted molar refractivity (Wildman–Crippen MR) is 112 cm³/mol. The second kappa shape index (κ2) is 6.81. The maximum atomic E-state index is 4.09. The average Bonchev–Trinajstić information content (AvgIpc) is 1.83. The van der Waals surface area contributed by atoms with Crippen molar-refractivity contribution in [3.05, 3.63) is 0 Å². The lowest BCUT2D eigenvalue weighted by Gasteiger charge is -2.48. The lowest BCUT2D eigenvalue weighted by molar-refractivity contribution is 1.00. The molecule has 0 saturated carbocycles. The van der Waals surface area contributed by atoms with Gasteiger partial charge in [-0.15, -0.1) is 0 Å². The molecule has 0 aromatic carbocycles. The van der Waals surface area contributed by atoms with E-state index in [4.69, 9.17) is 0 Å². The smallest absolute Gasteiger partial charge is 0.324 e. The van der Waals surface area contributed by atoms with Crippen molar-refractivity contribution < 1.29 is 0 Å². The van der Waals surface area contributed by atoms with Crippen LogP contribution < -0.4 is 18.6 Å². The van der Waals surface area contributed by atoms with Crippen LogP contribution in [0.5, 0.6) is 0 Å². The maximum absolute atomic E-state index is 4.09. The average molecular weight is 381 g/mol. The first-order valence-corrected chi connectivity index (χ1v) is 24.0. The normalized spacial score (nSPS) is 15.4. The first kappa shape index (κ1) is 21.9. The van der Waals surface area contributed by atoms with Crippen LogP contribution in [-0.2, 0) is 0 Å². The topological polar surface area (TPSA) is 48.1 Å². The van der Waals surface area contributed by atoms with Gasteiger partial charge in [-0.05, 0) is 0 Å². The van der Waals surface area contributed by atoms with E-state index in [0.717, 1.165) is 0 Å². The van der Waals surface area contributed by atoms with Gasteiger partial charge in [0.15, 0.2) is 0 Å². The van der Waals surface area contributed by atoms with Gasteiger partial charge in [0.1, 0.15) is 32.9 Å². The molecule has 0 unspecified atom stereocenters. The molecule has 0 atom stereocenters. The molecule has 0 aromatic heterocycles. The zero-order chi connectivity index (χ0) is 17.3. The Kier molecular flexibility index (Phi) is 7.11. The number of nitrogens with one attached hydrogen (secondary N) is 4. The van der Waals surface area contributed by atoms with Gasteiger partial charge in [0, 0.05) is 0 Å². The third kappa shape index (κ3) is 12.1. The van der Waals surface area contributed by atoms with Crippen LogP contribution >= 0.6 is 0 Å². The fourth-order valence-electron chi connectivity index (χ4n) is 2.44. The van der Waals surface area contributed by atoms with Gasteiger partial charge in [0.2, 0.25) is 0 Å². The van der Waals surface area contributed by atoms with Crippen molar-refractivity contribution in [3.63, 3.8) is 0 Å². The Morgan fingerprint density at radius 1 is 0.333 bits per heavy atom. The second-order valence-corrected chi connectivity index (χ2v) is 33.8. The van der Waals surface area contributed by atoms with Crippen LogP contribution in [-0.4, -0.2) is 41.7 Å². The highest BCUT2D eigenvalue weighted by Crippen LogP contribution is 2.10. The van der Waals surface area contributed by atoms with Gasteiger partial charge in [0.25, 0.3) is 0 Å². The van der Waals surface area contributed by atoms with Crippen molar-refractivity contribution in [2.24, 2.45) is 0 Å². The molecule has 0 rings (SSSR count). The van der Waals surface area contributed by atoms with E-state index < -0.39 is 41.7 Å². The molecule has 0 aliphatic heterocycles. The molecule has 128 valence electrons. The molecule has 4 nitrogen and oxygen atoms in total. The highest BCUT2D eigenvalue weighted by molar-refractivity contribution is 7.04. The van der Waals surface area contributed by atoms with Crippen LogP contribution in [0.3, 0.4) is 0 Å². The summed E-state index contributed by atoms with van der Waals surface area (Å²) in [6, 6.07) is 0. The van der Waals surface area contributed by atoms with E-state index in [1.807, 2.05) is 0 Å². The molecule has 0 aliphatic carbocycles. The van der Waals surface area contributed by atoms with Crippen LogP contribution in [0.15, 0.2) is 0 Å². The Morgan fingerprint density at radius 3 is 0.571 bits per heavy atom. The quantitative estimate of drug-likeness (QED) is 0.489. The van der Waals surface area contributed by atoms with Crippen molar-refractivity contribution in [1.82, 2.24) is 18.6 Å². The first-order chi connectivity index (χ1) is 8.83. The first-order valence-electron chi connectivity index (χ1n) is 8.00. The molecule has 9 heteroatoms. The molecule has 0 fully saturated rings. The van der Waals surface area contributed by atoms with Gasteiger partial charge in [-0.2, -0.15) is 0 Å². The molecule has 0 amide bonds. The minimum absolute atomic E-state index is 1.40. The Hall–Kier alpha value is 0.924. The van der Waals surface area contributed by atoms with Crippen molar-refractivity contribution in [2.75, 3.05) is 0 Å². The predicted octanol–water partition coefficient (Wildman–Crippen LogP) is 3.12. The molecule has 0 aromatic rings. The van der Waals surface area contributed by atoms with Crippen LogP contribution in [0, 0.1) is 0 Å². The van der Waals surface area contributed by atoms with Crippen molar-refractivity contribution >= 4 is 41.7 Å². The van der Waals surface area contributed by atoms with E-state index in [2.05, 4.69) is 97.2 Å². The molecule has 0 heterocycles. The van der Waals surface area contributed by atoms with Crippen LogP contribution in [0.4, 0.5) is 0 Å². The van der Waals surface area contributed by atoms with Crippen molar-refractivity contribution in [1.29, 1.82) is 0 Å². The lowest BCUT2D eigenvalue weighted by Crippen LogP contribution is -2.92. The molecule has 0 radical (unpaired) electrons. The summed E-state index contributed by atoms with van der Waals surface area (Å²) in [5.74, 6) is 0. The lowest BCUT2D eigenvalue weighted by atomic mass is 11.8. The van der Waals surface area contributed by atoms with E-state index in [-0.39, 0.29) is 0 Å². The van der Waals surface area contributed by atoms with Gasteiger partial charge < -0.3 is 18.6 Å². The maximum Gasteiger partial charge on any atom is 0.339 e. The third-order valence-electron chi connectivity index (χ3n) is 2.25. The molecule has 0 aliphatic rings.